The number of aryl methyl sites for hydroxylation is 1. The van der Waals surface area contributed by atoms with E-state index in [9.17, 15) is 14.4 Å². The molecule has 2 aromatic carbocycles. The van der Waals surface area contributed by atoms with Crippen molar-refractivity contribution in [1.82, 2.24) is 25.1 Å². The van der Waals surface area contributed by atoms with E-state index >= 15 is 0 Å². The largest absolute Gasteiger partial charge is 0.444 e. The Labute approximate surface area is 228 Å². The molecule has 3 rings (SSSR count). The molecule has 9 nitrogen and oxygen atoms in total. The van der Waals surface area contributed by atoms with Gasteiger partial charge in [0.05, 0.1) is 17.4 Å². The average molecular weight is 542 g/mol. The van der Waals surface area contributed by atoms with Crippen molar-refractivity contribution in [3.63, 3.8) is 0 Å². The fourth-order valence-electron chi connectivity index (χ4n) is 3.96. The summed E-state index contributed by atoms with van der Waals surface area (Å²) < 4.78 is 6.80. The Morgan fingerprint density at radius 3 is 2.53 bits per heavy atom. The monoisotopic (exact) mass is 541 g/mol. The van der Waals surface area contributed by atoms with Crippen LogP contribution >= 0.6 is 11.6 Å². The van der Waals surface area contributed by atoms with Crippen LogP contribution in [0.5, 0.6) is 0 Å². The van der Waals surface area contributed by atoms with Gasteiger partial charge < -0.3 is 15.0 Å². The molecule has 3 aromatic rings. The molecule has 2 N–H and O–H groups in total. The van der Waals surface area contributed by atoms with Crippen molar-refractivity contribution in [2.24, 2.45) is 0 Å². The van der Waals surface area contributed by atoms with E-state index in [4.69, 9.17) is 21.3 Å². The highest BCUT2D eigenvalue weighted by Crippen LogP contribution is 2.20. The van der Waals surface area contributed by atoms with E-state index in [0.29, 0.717) is 41.3 Å². The van der Waals surface area contributed by atoms with Gasteiger partial charge in [-0.25, -0.2) is 9.78 Å². The van der Waals surface area contributed by atoms with Gasteiger partial charge in [0.2, 0.25) is 5.91 Å². The first-order valence-electron chi connectivity index (χ1n) is 12.5. The summed E-state index contributed by atoms with van der Waals surface area (Å²) in [6.07, 6.45) is 0.0244. The lowest BCUT2D eigenvalue weighted by Crippen LogP contribution is -2.42. The molecular weight excluding hydrogens is 506 g/mol. The number of aromatic nitrogens is 2. The molecule has 0 saturated carbocycles. The lowest BCUT2D eigenvalue weighted by molar-refractivity contribution is -0.131. The lowest BCUT2D eigenvalue weighted by Gasteiger charge is -2.25. The molecule has 38 heavy (non-hydrogen) atoms. The Bertz CT molecular complexity index is 1360. The van der Waals surface area contributed by atoms with Crippen molar-refractivity contribution in [1.29, 1.82) is 0 Å². The minimum absolute atomic E-state index is 0.250. The highest BCUT2D eigenvalue weighted by atomic mass is 35.5. The Morgan fingerprint density at radius 1 is 1.13 bits per heavy atom. The van der Waals surface area contributed by atoms with Crippen molar-refractivity contribution >= 4 is 34.5 Å². The van der Waals surface area contributed by atoms with Gasteiger partial charge in [-0.1, -0.05) is 41.4 Å². The van der Waals surface area contributed by atoms with Crippen LogP contribution in [0.3, 0.4) is 0 Å². The van der Waals surface area contributed by atoms with Crippen LogP contribution in [0, 0.1) is 6.92 Å². The zero-order valence-corrected chi connectivity index (χ0v) is 23.6. The predicted molar refractivity (Wildman–Crippen MR) is 150 cm³/mol. The number of carbonyl (C=O) groups excluding carboxylic acids is 2. The smallest absolute Gasteiger partial charge is 0.407 e. The SMILES string of the molecule is Cc1cccc(Cn2c(C(NCCCNC(=O)OC(C)(C)C)C(=O)N(C)C)nc3cc(Cl)ccc3c2=O)c1. The van der Waals surface area contributed by atoms with E-state index in [1.165, 1.54) is 4.90 Å². The van der Waals surface area contributed by atoms with Gasteiger partial charge in [0.25, 0.3) is 5.56 Å². The topological polar surface area (TPSA) is 106 Å². The fourth-order valence-corrected chi connectivity index (χ4v) is 4.13. The molecule has 204 valence electrons. The third kappa shape index (κ3) is 7.79. The highest BCUT2D eigenvalue weighted by Gasteiger charge is 2.28. The number of halogens is 1. The maximum Gasteiger partial charge on any atom is 0.407 e. The summed E-state index contributed by atoms with van der Waals surface area (Å²) in [5.41, 5.74) is 1.56. The number of rotatable bonds is 9. The van der Waals surface area contributed by atoms with Crippen molar-refractivity contribution in [2.75, 3.05) is 27.2 Å². The van der Waals surface area contributed by atoms with E-state index in [0.717, 1.165) is 11.1 Å². The van der Waals surface area contributed by atoms with Gasteiger partial charge in [0.1, 0.15) is 17.5 Å². The van der Waals surface area contributed by atoms with Gasteiger partial charge in [-0.3, -0.25) is 19.5 Å². The average Bonchev–Trinajstić information content (AvgIpc) is 2.81. The number of nitrogens with zero attached hydrogens (tertiary/aromatic N) is 3. The van der Waals surface area contributed by atoms with Gasteiger partial charge in [-0.2, -0.15) is 0 Å². The number of hydrogen-bond acceptors (Lipinski definition) is 6. The summed E-state index contributed by atoms with van der Waals surface area (Å²) in [5, 5.41) is 6.82. The van der Waals surface area contributed by atoms with Crippen LogP contribution in [0.2, 0.25) is 5.02 Å². The van der Waals surface area contributed by atoms with Gasteiger partial charge >= 0.3 is 6.09 Å². The number of nitrogens with one attached hydrogen (secondary N) is 2. The quantitative estimate of drug-likeness (QED) is 0.396. The van der Waals surface area contributed by atoms with Crippen molar-refractivity contribution in [2.45, 2.75) is 52.3 Å². The molecule has 1 aromatic heterocycles. The molecule has 0 spiro atoms. The van der Waals surface area contributed by atoms with E-state index in [2.05, 4.69) is 10.6 Å². The van der Waals surface area contributed by atoms with Crippen LogP contribution in [0.25, 0.3) is 10.9 Å². The van der Waals surface area contributed by atoms with Crippen LogP contribution < -0.4 is 16.2 Å². The number of carbonyl (C=O) groups is 2. The van der Waals surface area contributed by atoms with Crippen LogP contribution in [-0.2, 0) is 16.1 Å². The van der Waals surface area contributed by atoms with Crippen LogP contribution in [-0.4, -0.2) is 59.2 Å². The summed E-state index contributed by atoms with van der Waals surface area (Å²) >= 11 is 6.20. The minimum Gasteiger partial charge on any atom is -0.444 e. The van der Waals surface area contributed by atoms with Crippen LogP contribution in [0.15, 0.2) is 47.3 Å². The molecule has 1 atom stereocenters. The number of fused-ring (bicyclic) bond motifs is 1. The standard InChI is InChI=1S/C28H36ClN5O4/c1-18-9-7-10-19(15-18)17-34-24(32-22-16-20(29)11-12-21(22)25(34)35)23(26(36)33(5)6)30-13-8-14-31-27(37)38-28(2,3)4/h7,9-12,15-16,23,30H,8,13-14,17H2,1-6H3,(H,31,37). The summed E-state index contributed by atoms with van der Waals surface area (Å²) in [6.45, 7) is 8.36. The highest BCUT2D eigenvalue weighted by molar-refractivity contribution is 6.31. The maximum absolute atomic E-state index is 13.7. The van der Waals surface area contributed by atoms with E-state index < -0.39 is 17.7 Å². The molecule has 1 heterocycles. The first-order valence-corrected chi connectivity index (χ1v) is 12.9. The third-order valence-electron chi connectivity index (χ3n) is 5.69. The minimum atomic E-state index is -0.896. The van der Waals surface area contributed by atoms with Gasteiger partial charge in [-0.05, 0) is 64.4 Å². The predicted octanol–water partition coefficient (Wildman–Crippen LogP) is 4.04. The van der Waals surface area contributed by atoms with Gasteiger partial charge in [-0.15, -0.1) is 0 Å². The summed E-state index contributed by atoms with van der Waals surface area (Å²) in [6, 6.07) is 11.9. The normalized spacial score (nSPS) is 12.3. The van der Waals surface area contributed by atoms with Crippen molar-refractivity contribution < 1.29 is 14.3 Å². The molecule has 10 heteroatoms. The molecule has 1 unspecified atom stereocenters. The fraction of sp³-hybridized carbons (Fsp3) is 0.429. The maximum atomic E-state index is 13.7. The molecule has 0 fully saturated rings. The first kappa shape index (κ1) is 29.1. The van der Waals surface area contributed by atoms with Crippen LogP contribution in [0.4, 0.5) is 4.79 Å². The zero-order valence-electron chi connectivity index (χ0n) is 22.8. The van der Waals surface area contributed by atoms with Gasteiger partial charge in [0, 0.05) is 25.7 Å². The second-order valence-electron chi connectivity index (χ2n) is 10.4. The number of hydrogen-bond donors (Lipinski definition) is 2. The zero-order chi connectivity index (χ0) is 28.0. The number of ether oxygens (including phenoxy) is 1. The molecule has 0 aliphatic rings. The molecule has 0 radical (unpaired) electrons. The number of alkyl carbamates (subject to hydrolysis) is 1. The van der Waals surface area contributed by atoms with E-state index in [1.807, 2.05) is 31.2 Å². The second kappa shape index (κ2) is 12.4. The molecular formula is C28H36ClN5O4. The molecule has 0 bridgehead atoms. The Hall–Kier alpha value is -3.43. The Morgan fingerprint density at radius 2 is 1.87 bits per heavy atom. The summed E-state index contributed by atoms with van der Waals surface area (Å²) in [4.78, 5) is 45.2. The Kier molecular flexibility index (Phi) is 9.51. The van der Waals surface area contributed by atoms with E-state index in [1.54, 1.807) is 57.6 Å². The molecule has 2 amide bonds. The van der Waals surface area contributed by atoms with Crippen molar-refractivity contribution in [3.8, 4) is 0 Å². The van der Waals surface area contributed by atoms with Crippen LogP contribution in [0.1, 0.15) is 50.2 Å². The van der Waals surface area contributed by atoms with Crippen molar-refractivity contribution in [3.05, 3.63) is 74.8 Å². The number of amides is 2. The molecule has 0 aliphatic heterocycles. The number of likely N-dealkylation sites (N-methyl/N-ethyl adjacent to an activating group) is 1. The summed E-state index contributed by atoms with van der Waals surface area (Å²) in [7, 11) is 3.31. The molecule has 0 aliphatic carbocycles. The first-order chi connectivity index (χ1) is 17.9. The Balaban J connectivity index is 1.94. The summed E-state index contributed by atoms with van der Waals surface area (Å²) in [5.74, 6) is 0.0430. The lowest BCUT2D eigenvalue weighted by atomic mass is 10.1. The number of benzene rings is 2. The molecule has 0 saturated heterocycles. The van der Waals surface area contributed by atoms with E-state index in [-0.39, 0.29) is 18.0 Å². The second-order valence-corrected chi connectivity index (χ2v) is 10.9. The third-order valence-corrected chi connectivity index (χ3v) is 5.92. The van der Waals surface area contributed by atoms with Gasteiger partial charge in [0.15, 0.2) is 0 Å².